The van der Waals surface area contributed by atoms with Crippen LogP contribution in [0.3, 0.4) is 0 Å². The Labute approximate surface area is 159 Å². The van der Waals surface area contributed by atoms with Crippen LogP contribution in [-0.4, -0.2) is 37.8 Å². The molecule has 1 amide bonds. The van der Waals surface area contributed by atoms with Crippen LogP contribution >= 0.6 is 0 Å². The van der Waals surface area contributed by atoms with Crippen LogP contribution in [0.1, 0.15) is 53.1 Å². The molecule has 2 atom stereocenters. The zero-order valence-corrected chi connectivity index (χ0v) is 18.4. The number of nitrogens with one attached hydrogen (secondary N) is 1. The maximum atomic E-state index is 12.4. The van der Waals surface area contributed by atoms with Gasteiger partial charge in [-0.05, 0) is 44.5 Å². The second-order valence-corrected chi connectivity index (χ2v) is 13.9. The van der Waals surface area contributed by atoms with Crippen molar-refractivity contribution in [1.29, 1.82) is 0 Å². The van der Waals surface area contributed by atoms with Crippen molar-refractivity contribution in [1.82, 2.24) is 5.32 Å². The number of carbonyl (C=O) groups excluding carboxylic acids is 1. The average Bonchev–Trinajstić information content (AvgIpc) is 2.48. The number of aliphatic hydroxyl groups is 1. The molecule has 0 spiro atoms. The van der Waals surface area contributed by atoms with Crippen LogP contribution in [0, 0.1) is 0 Å². The highest BCUT2D eigenvalue weighted by atomic mass is 28.4. The number of aliphatic hydroxyl groups excluding tert-OH is 1. The lowest BCUT2D eigenvalue weighted by atomic mass is 10.0. The second-order valence-electron chi connectivity index (χ2n) is 9.13. The van der Waals surface area contributed by atoms with E-state index in [1.165, 1.54) is 0 Å². The molecule has 1 rings (SSSR count). The molecule has 0 aliphatic heterocycles. The quantitative estimate of drug-likeness (QED) is 0.705. The molecule has 5 nitrogen and oxygen atoms in total. The Kier molecular flexibility index (Phi) is 7.45. The zero-order valence-electron chi connectivity index (χ0n) is 17.4. The fraction of sp³-hybridized carbons (Fsp3) is 0.650. The fourth-order valence-electron chi connectivity index (χ4n) is 2.25. The summed E-state index contributed by atoms with van der Waals surface area (Å²) in [7, 11) is -2.13. The van der Waals surface area contributed by atoms with Crippen molar-refractivity contribution >= 4 is 14.4 Å². The molecule has 0 radical (unpaired) electrons. The number of amides is 1. The first-order valence-corrected chi connectivity index (χ1v) is 12.0. The molecule has 0 aliphatic rings. The lowest BCUT2D eigenvalue weighted by Crippen LogP contribution is -2.50. The molecule has 1 aromatic rings. The van der Waals surface area contributed by atoms with Gasteiger partial charge in [0, 0.05) is 0 Å². The summed E-state index contributed by atoms with van der Waals surface area (Å²) in [6.07, 6.45) is -1.07. The topological polar surface area (TPSA) is 67.8 Å². The molecule has 0 aliphatic carbocycles. The molecular formula is C20H35NO4Si. The van der Waals surface area contributed by atoms with Crippen molar-refractivity contribution in [3.63, 3.8) is 0 Å². The number of hydrogen-bond donors (Lipinski definition) is 2. The van der Waals surface area contributed by atoms with Gasteiger partial charge >= 0.3 is 6.09 Å². The van der Waals surface area contributed by atoms with Gasteiger partial charge < -0.3 is 19.6 Å². The summed E-state index contributed by atoms with van der Waals surface area (Å²) in [5, 5.41) is 12.9. The fourth-order valence-corrected chi connectivity index (χ4v) is 3.57. The summed E-state index contributed by atoms with van der Waals surface area (Å²) in [6, 6.07) is 9.06. The number of benzene rings is 1. The van der Waals surface area contributed by atoms with Gasteiger partial charge in [-0.3, -0.25) is 0 Å². The average molecular weight is 382 g/mol. The SMILES string of the molecule is CC(C)(C)OC(=O)N[C@@H](c1ccccc1)[C@@H](CO)O[Si](C)(C)C(C)(C)C. The minimum Gasteiger partial charge on any atom is -0.444 e. The van der Waals surface area contributed by atoms with Crippen molar-refractivity contribution in [2.75, 3.05) is 6.61 Å². The predicted molar refractivity (Wildman–Crippen MR) is 108 cm³/mol. The molecule has 1 aromatic carbocycles. The van der Waals surface area contributed by atoms with E-state index >= 15 is 0 Å². The van der Waals surface area contributed by atoms with E-state index < -0.39 is 32.2 Å². The number of rotatable bonds is 6. The molecule has 0 heterocycles. The first kappa shape index (κ1) is 22.7. The van der Waals surface area contributed by atoms with Crippen molar-refractivity contribution in [3.8, 4) is 0 Å². The molecule has 0 saturated heterocycles. The van der Waals surface area contributed by atoms with Crippen LogP contribution in [0.4, 0.5) is 4.79 Å². The Hall–Kier alpha value is -1.37. The summed E-state index contributed by atoms with van der Waals surface area (Å²) in [5.74, 6) is 0. The van der Waals surface area contributed by atoms with E-state index in [2.05, 4.69) is 39.2 Å². The van der Waals surface area contributed by atoms with Crippen LogP contribution in [-0.2, 0) is 9.16 Å². The highest BCUT2D eigenvalue weighted by Crippen LogP contribution is 2.38. The summed E-state index contributed by atoms with van der Waals surface area (Å²) in [6.45, 7) is 16.0. The highest BCUT2D eigenvalue weighted by Gasteiger charge is 2.41. The first-order chi connectivity index (χ1) is 11.8. The van der Waals surface area contributed by atoms with Gasteiger partial charge in [0.05, 0.1) is 18.8 Å². The number of carbonyl (C=O) groups is 1. The summed E-state index contributed by atoms with van der Waals surface area (Å²) >= 11 is 0. The summed E-state index contributed by atoms with van der Waals surface area (Å²) in [5.41, 5.74) is 0.275. The molecular weight excluding hydrogens is 346 g/mol. The van der Waals surface area contributed by atoms with E-state index in [-0.39, 0.29) is 11.6 Å². The smallest absolute Gasteiger partial charge is 0.408 e. The predicted octanol–water partition coefficient (Wildman–Crippen LogP) is 4.64. The van der Waals surface area contributed by atoms with E-state index in [1.807, 2.05) is 51.1 Å². The third-order valence-electron chi connectivity index (χ3n) is 4.63. The second kappa shape index (κ2) is 8.54. The maximum absolute atomic E-state index is 12.4. The van der Waals surface area contributed by atoms with Gasteiger partial charge in [0.2, 0.25) is 0 Å². The van der Waals surface area contributed by atoms with Crippen molar-refractivity contribution in [2.45, 2.75) is 77.4 Å². The summed E-state index contributed by atoms with van der Waals surface area (Å²) in [4.78, 5) is 12.4. The van der Waals surface area contributed by atoms with Crippen LogP contribution in [0.25, 0.3) is 0 Å². The van der Waals surface area contributed by atoms with E-state index in [1.54, 1.807) is 0 Å². The molecule has 0 saturated carbocycles. The van der Waals surface area contributed by atoms with Crippen LogP contribution in [0.5, 0.6) is 0 Å². The van der Waals surface area contributed by atoms with Crippen molar-refractivity contribution in [3.05, 3.63) is 35.9 Å². The Morgan fingerprint density at radius 1 is 1.12 bits per heavy atom. The molecule has 0 fully saturated rings. The van der Waals surface area contributed by atoms with Gasteiger partial charge in [-0.1, -0.05) is 51.1 Å². The molecule has 2 N–H and O–H groups in total. The van der Waals surface area contributed by atoms with Gasteiger partial charge in [-0.15, -0.1) is 0 Å². The third kappa shape index (κ3) is 6.74. The number of hydrogen-bond acceptors (Lipinski definition) is 4. The highest BCUT2D eigenvalue weighted by molar-refractivity contribution is 6.74. The maximum Gasteiger partial charge on any atom is 0.408 e. The standard InChI is InChI=1S/C20H35NO4Si/c1-19(2,3)24-18(23)21-17(15-12-10-9-11-13-15)16(14-22)25-26(7,8)20(4,5)6/h9-13,16-17,22H,14H2,1-8H3,(H,21,23)/t16-,17+/m1/s1. The van der Waals surface area contributed by atoms with Crippen molar-refractivity contribution in [2.24, 2.45) is 0 Å². The molecule has 148 valence electrons. The molecule has 0 aromatic heterocycles. The molecule has 6 heteroatoms. The van der Waals surface area contributed by atoms with Crippen molar-refractivity contribution < 1.29 is 19.1 Å². The monoisotopic (exact) mass is 381 g/mol. The normalized spacial score (nSPS) is 15.3. The Morgan fingerprint density at radius 2 is 1.65 bits per heavy atom. The van der Waals surface area contributed by atoms with Crippen LogP contribution < -0.4 is 5.32 Å². The van der Waals surface area contributed by atoms with E-state index in [9.17, 15) is 9.90 Å². The first-order valence-electron chi connectivity index (χ1n) is 9.10. The van der Waals surface area contributed by atoms with Crippen LogP contribution in [0.2, 0.25) is 18.1 Å². The van der Waals surface area contributed by atoms with E-state index in [0.29, 0.717) is 0 Å². The summed E-state index contributed by atoms with van der Waals surface area (Å²) < 4.78 is 11.8. The Bertz CT molecular complexity index is 576. The lowest BCUT2D eigenvalue weighted by Gasteiger charge is -2.41. The van der Waals surface area contributed by atoms with Crippen LogP contribution in [0.15, 0.2) is 30.3 Å². The minimum atomic E-state index is -2.13. The zero-order chi connectivity index (χ0) is 20.2. The van der Waals surface area contributed by atoms with Gasteiger partial charge in [0.15, 0.2) is 8.32 Å². The Balaban J connectivity index is 3.12. The van der Waals surface area contributed by atoms with Gasteiger partial charge in [-0.25, -0.2) is 4.79 Å². The van der Waals surface area contributed by atoms with E-state index in [4.69, 9.17) is 9.16 Å². The lowest BCUT2D eigenvalue weighted by molar-refractivity contribution is 0.0347. The van der Waals surface area contributed by atoms with Gasteiger partial charge in [0.25, 0.3) is 0 Å². The molecule has 0 bridgehead atoms. The minimum absolute atomic E-state index is 0.00637. The number of alkyl carbamates (subject to hydrolysis) is 1. The molecule has 0 unspecified atom stereocenters. The third-order valence-corrected chi connectivity index (χ3v) is 9.14. The largest absolute Gasteiger partial charge is 0.444 e. The van der Waals surface area contributed by atoms with Gasteiger partial charge in [0.1, 0.15) is 5.60 Å². The Morgan fingerprint density at radius 3 is 2.08 bits per heavy atom. The molecule has 26 heavy (non-hydrogen) atoms. The number of ether oxygens (including phenoxy) is 1. The van der Waals surface area contributed by atoms with E-state index in [0.717, 1.165) is 5.56 Å². The van der Waals surface area contributed by atoms with Gasteiger partial charge in [-0.2, -0.15) is 0 Å².